The van der Waals surface area contributed by atoms with Gasteiger partial charge in [-0.25, -0.2) is 0 Å². The van der Waals surface area contributed by atoms with E-state index < -0.39 is 0 Å². The van der Waals surface area contributed by atoms with Gasteiger partial charge in [0.2, 0.25) is 0 Å². The summed E-state index contributed by atoms with van der Waals surface area (Å²) >= 11 is 0. The first-order chi connectivity index (χ1) is 8.65. The van der Waals surface area contributed by atoms with Gasteiger partial charge in [0.05, 0.1) is 6.10 Å². The van der Waals surface area contributed by atoms with E-state index in [1.807, 2.05) is 0 Å². The molecule has 0 saturated heterocycles. The summed E-state index contributed by atoms with van der Waals surface area (Å²) < 4.78 is 0. The van der Waals surface area contributed by atoms with Crippen molar-refractivity contribution in [3.63, 3.8) is 0 Å². The molecule has 0 amide bonds. The first-order valence-electron chi connectivity index (χ1n) is 6.49. The summed E-state index contributed by atoms with van der Waals surface area (Å²) in [5.41, 5.74) is 6.18. The molecule has 2 atom stereocenters. The molecule has 1 heteroatoms. The molecule has 1 aliphatic rings. The van der Waals surface area contributed by atoms with E-state index in [0.717, 1.165) is 12.0 Å². The average Bonchev–Trinajstić information content (AvgIpc) is 2.29. The molecular weight excluding hydrogens is 220 g/mol. The maximum absolute atomic E-state index is 10.5. The topological polar surface area (TPSA) is 20.2 Å². The molecule has 1 nitrogen and oxygen atoms in total. The molecule has 0 heterocycles. The van der Waals surface area contributed by atoms with Crippen LogP contribution >= 0.6 is 0 Å². The third-order valence-corrected chi connectivity index (χ3v) is 3.86. The van der Waals surface area contributed by atoms with Crippen molar-refractivity contribution >= 4 is 0 Å². The number of aryl methyl sites for hydroxylation is 2. The van der Waals surface area contributed by atoms with Gasteiger partial charge >= 0.3 is 0 Å². The number of benzene rings is 2. The summed E-state index contributed by atoms with van der Waals surface area (Å²) in [6.45, 7) is 4.16. The van der Waals surface area contributed by atoms with Crippen molar-refractivity contribution in [1.29, 1.82) is 0 Å². The van der Waals surface area contributed by atoms with Crippen LogP contribution in [0.3, 0.4) is 0 Å². The maximum atomic E-state index is 10.5. The van der Waals surface area contributed by atoms with Crippen LogP contribution in [0.5, 0.6) is 0 Å². The molecule has 2 unspecified atom stereocenters. The Morgan fingerprint density at radius 1 is 1.06 bits per heavy atom. The van der Waals surface area contributed by atoms with Crippen molar-refractivity contribution < 1.29 is 5.11 Å². The maximum Gasteiger partial charge on any atom is 0.0862 e. The lowest BCUT2D eigenvalue weighted by molar-refractivity contribution is 0.134. The highest BCUT2D eigenvalue weighted by Crippen LogP contribution is 2.43. The molecule has 18 heavy (non-hydrogen) atoms. The fraction of sp³-hybridized carbons (Fsp3) is 0.294. The molecule has 0 saturated carbocycles. The summed E-state index contributed by atoms with van der Waals surface area (Å²) in [6, 6.07) is 14.7. The van der Waals surface area contributed by atoms with Crippen LogP contribution in [0.15, 0.2) is 42.5 Å². The van der Waals surface area contributed by atoms with Crippen LogP contribution in [0.4, 0.5) is 0 Å². The third-order valence-electron chi connectivity index (χ3n) is 3.86. The van der Waals surface area contributed by atoms with Crippen molar-refractivity contribution in [1.82, 2.24) is 0 Å². The fourth-order valence-electron chi connectivity index (χ4n) is 2.99. The van der Waals surface area contributed by atoms with Crippen LogP contribution in [-0.2, 0) is 6.42 Å². The number of aliphatic hydroxyl groups is 1. The number of rotatable bonds is 2. The Balaban J connectivity index is 1.91. The van der Waals surface area contributed by atoms with Gasteiger partial charge in [0.25, 0.3) is 0 Å². The minimum atomic E-state index is -0.376. The van der Waals surface area contributed by atoms with Crippen LogP contribution < -0.4 is 0 Å². The van der Waals surface area contributed by atoms with Gasteiger partial charge in [-0.15, -0.1) is 0 Å². The van der Waals surface area contributed by atoms with Gasteiger partial charge in [-0.05, 0) is 37.0 Å². The summed E-state index contributed by atoms with van der Waals surface area (Å²) in [4.78, 5) is 0. The van der Waals surface area contributed by atoms with Crippen molar-refractivity contribution in [3.8, 4) is 0 Å². The number of fused-ring (bicyclic) bond motifs is 1. The van der Waals surface area contributed by atoms with Crippen molar-refractivity contribution in [2.24, 2.45) is 0 Å². The Morgan fingerprint density at radius 2 is 1.72 bits per heavy atom. The third kappa shape index (κ3) is 1.85. The van der Waals surface area contributed by atoms with Gasteiger partial charge in [-0.1, -0.05) is 53.6 Å². The first-order valence-corrected chi connectivity index (χ1v) is 6.49. The Bertz CT molecular complexity index is 566. The SMILES string of the molecule is Cc1cc(C)cc(C(O)C2Cc3ccccc32)c1. The quantitative estimate of drug-likeness (QED) is 0.846. The zero-order valence-corrected chi connectivity index (χ0v) is 10.9. The lowest BCUT2D eigenvalue weighted by Gasteiger charge is -2.34. The summed E-state index contributed by atoms with van der Waals surface area (Å²) in [5, 5.41) is 10.5. The van der Waals surface area contributed by atoms with E-state index in [-0.39, 0.29) is 12.0 Å². The first kappa shape index (κ1) is 11.5. The molecule has 0 bridgehead atoms. The van der Waals surface area contributed by atoms with Crippen LogP contribution in [-0.4, -0.2) is 5.11 Å². The Kier molecular flexibility index (Phi) is 2.71. The standard InChI is InChI=1S/C17H18O/c1-11-7-12(2)9-14(8-11)17(18)16-10-13-5-3-4-6-15(13)16/h3-9,16-18H,10H2,1-2H3. The summed E-state index contributed by atoms with van der Waals surface area (Å²) in [7, 11) is 0. The Hall–Kier alpha value is -1.60. The van der Waals surface area contributed by atoms with E-state index in [1.54, 1.807) is 0 Å². The molecule has 92 valence electrons. The highest BCUT2D eigenvalue weighted by molar-refractivity contribution is 5.43. The van der Waals surface area contributed by atoms with E-state index in [9.17, 15) is 5.11 Å². The van der Waals surface area contributed by atoms with Crippen molar-refractivity contribution in [2.45, 2.75) is 32.3 Å². The molecule has 0 fully saturated rings. The predicted octanol–water partition coefficient (Wildman–Crippen LogP) is 3.68. The minimum Gasteiger partial charge on any atom is -0.388 e. The van der Waals surface area contributed by atoms with Gasteiger partial charge in [0.15, 0.2) is 0 Å². The van der Waals surface area contributed by atoms with Crippen LogP contribution in [0.25, 0.3) is 0 Å². The normalized spacial score (nSPS) is 18.9. The van der Waals surface area contributed by atoms with Gasteiger partial charge in [0.1, 0.15) is 0 Å². The predicted molar refractivity (Wildman–Crippen MR) is 73.8 cm³/mol. The number of aliphatic hydroxyl groups excluding tert-OH is 1. The molecule has 1 aliphatic carbocycles. The molecule has 0 aromatic heterocycles. The van der Waals surface area contributed by atoms with Gasteiger partial charge in [-0.2, -0.15) is 0 Å². The lowest BCUT2D eigenvalue weighted by atomic mass is 9.73. The van der Waals surface area contributed by atoms with E-state index in [4.69, 9.17) is 0 Å². The zero-order valence-electron chi connectivity index (χ0n) is 10.9. The molecule has 0 spiro atoms. The molecule has 3 rings (SSSR count). The largest absolute Gasteiger partial charge is 0.388 e. The number of hydrogen-bond acceptors (Lipinski definition) is 1. The molecule has 0 radical (unpaired) electrons. The van der Waals surface area contributed by atoms with E-state index in [2.05, 4.69) is 56.3 Å². The second-order valence-electron chi connectivity index (χ2n) is 5.38. The van der Waals surface area contributed by atoms with E-state index in [0.29, 0.717) is 0 Å². The monoisotopic (exact) mass is 238 g/mol. The molecule has 1 N–H and O–H groups in total. The smallest absolute Gasteiger partial charge is 0.0862 e. The minimum absolute atomic E-state index is 0.266. The molecular formula is C17H18O. The molecule has 0 aliphatic heterocycles. The van der Waals surface area contributed by atoms with Gasteiger partial charge in [-0.3, -0.25) is 0 Å². The zero-order chi connectivity index (χ0) is 12.7. The van der Waals surface area contributed by atoms with Gasteiger partial charge < -0.3 is 5.11 Å². The van der Waals surface area contributed by atoms with Crippen molar-refractivity contribution in [3.05, 3.63) is 70.3 Å². The van der Waals surface area contributed by atoms with Gasteiger partial charge in [0, 0.05) is 5.92 Å². The number of hydrogen-bond donors (Lipinski definition) is 1. The van der Waals surface area contributed by atoms with Crippen LogP contribution in [0.1, 0.15) is 39.8 Å². The lowest BCUT2D eigenvalue weighted by Crippen LogP contribution is -2.23. The van der Waals surface area contributed by atoms with E-state index >= 15 is 0 Å². The van der Waals surface area contributed by atoms with E-state index in [1.165, 1.54) is 22.3 Å². The van der Waals surface area contributed by atoms with Crippen LogP contribution in [0.2, 0.25) is 0 Å². The highest BCUT2D eigenvalue weighted by atomic mass is 16.3. The Labute approximate surface area is 108 Å². The molecule has 2 aromatic carbocycles. The fourth-order valence-corrected chi connectivity index (χ4v) is 2.99. The Morgan fingerprint density at radius 3 is 2.39 bits per heavy atom. The second kappa shape index (κ2) is 4.25. The van der Waals surface area contributed by atoms with Crippen LogP contribution in [0, 0.1) is 13.8 Å². The summed E-state index contributed by atoms with van der Waals surface area (Å²) in [6.07, 6.45) is 0.614. The summed E-state index contributed by atoms with van der Waals surface area (Å²) in [5.74, 6) is 0.266. The molecule has 2 aromatic rings. The highest BCUT2D eigenvalue weighted by Gasteiger charge is 2.32. The average molecular weight is 238 g/mol. The second-order valence-corrected chi connectivity index (χ2v) is 5.38. The van der Waals surface area contributed by atoms with Crippen molar-refractivity contribution in [2.75, 3.05) is 0 Å².